The average molecular weight is 197 g/mol. The van der Waals surface area contributed by atoms with Crippen molar-refractivity contribution in [3.05, 3.63) is 17.8 Å². The van der Waals surface area contributed by atoms with E-state index in [1.807, 2.05) is 0 Å². The van der Waals surface area contributed by atoms with Crippen LogP contribution >= 0.6 is 0 Å². The molecule has 14 heavy (non-hydrogen) atoms. The molecule has 0 aromatic carbocycles. The summed E-state index contributed by atoms with van der Waals surface area (Å²) in [6.45, 7) is 0.973. The number of aliphatic hydroxyl groups is 1. The molecular formula is C10H15NO3. The Balaban J connectivity index is 1.88. The first-order valence-corrected chi connectivity index (χ1v) is 5.04. The first kappa shape index (κ1) is 9.68. The molecule has 0 radical (unpaired) electrons. The molecule has 1 unspecified atom stereocenters. The van der Waals surface area contributed by atoms with Crippen LogP contribution < -0.4 is 0 Å². The highest BCUT2D eigenvalue weighted by Crippen LogP contribution is 2.16. The second-order valence-electron chi connectivity index (χ2n) is 3.55. The molecule has 78 valence electrons. The maximum atomic E-state index is 8.71. The molecule has 2 rings (SSSR count). The molecule has 1 aliphatic rings. The van der Waals surface area contributed by atoms with Gasteiger partial charge in [-0.05, 0) is 12.8 Å². The lowest BCUT2D eigenvalue weighted by molar-refractivity contribution is 0.106. The molecule has 4 nitrogen and oxygen atoms in total. The normalized spacial score (nSPS) is 21.6. The van der Waals surface area contributed by atoms with Gasteiger partial charge in [0.15, 0.2) is 5.89 Å². The summed E-state index contributed by atoms with van der Waals surface area (Å²) in [6, 6.07) is 0. The van der Waals surface area contributed by atoms with Gasteiger partial charge in [0.1, 0.15) is 6.26 Å². The Kier molecular flexibility index (Phi) is 3.16. The van der Waals surface area contributed by atoms with E-state index in [0.717, 1.165) is 37.5 Å². The number of rotatable bonds is 4. The Hall–Kier alpha value is -0.870. The summed E-state index contributed by atoms with van der Waals surface area (Å²) in [5.74, 6) is 0.723. The number of oxazole rings is 1. The van der Waals surface area contributed by atoms with Crippen LogP contribution in [-0.4, -0.2) is 29.4 Å². The lowest BCUT2D eigenvalue weighted by atomic mass is 10.2. The van der Waals surface area contributed by atoms with Crippen molar-refractivity contribution in [3.63, 3.8) is 0 Å². The Labute approximate surface area is 82.9 Å². The van der Waals surface area contributed by atoms with E-state index in [4.69, 9.17) is 14.3 Å². The van der Waals surface area contributed by atoms with E-state index >= 15 is 0 Å². The molecule has 1 N–H and O–H groups in total. The van der Waals surface area contributed by atoms with E-state index in [1.54, 1.807) is 6.26 Å². The third kappa shape index (κ3) is 2.33. The molecule has 1 aromatic heterocycles. The minimum atomic E-state index is 0.117. The van der Waals surface area contributed by atoms with Gasteiger partial charge in [0.25, 0.3) is 0 Å². The van der Waals surface area contributed by atoms with Gasteiger partial charge < -0.3 is 14.3 Å². The second kappa shape index (κ2) is 4.57. The molecule has 0 aliphatic carbocycles. The van der Waals surface area contributed by atoms with E-state index < -0.39 is 0 Å². The zero-order valence-corrected chi connectivity index (χ0v) is 8.11. The summed E-state index contributed by atoms with van der Waals surface area (Å²) >= 11 is 0. The van der Waals surface area contributed by atoms with Crippen LogP contribution in [-0.2, 0) is 17.6 Å². The third-order valence-electron chi connectivity index (χ3n) is 2.39. The van der Waals surface area contributed by atoms with E-state index in [-0.39, 0.29) is 12.7 Å². The zero-order chi connectivity index (χ0) is 9.80. The zero-order valence-electron chi connectivity index (χ0n) is 8.11. The van der Waals surface area contributed by atoms with Crippen LogP contribution in [0, 0.1) is 0 Å². The van der Waals surface area contributed by atoms with Crippen LogP contribution in [0.4, 0.5) is 0 Å². The smallest absolute Gasteiger partial charge is 0.196 e. The molecule has 2 heterocycles. The molecule has 4 heteroatoms. The van der Waals surface area contributed by atoms with E-state index in [9.17, 15) is 0 Å². The van der Waals surface area contributed by atoms with Gasteiger partial charge in [0.2, 0.25) is 0 Å². The lowest BCUT2D eigenvalue weighted by Crippen LogP contribution is -2.09. The topological polar surface area (TPSA) is 55.5 Å². The summed E-state index contributed by atoms with van der Waals surface area (Å²) in [7, 11) is 0. The van der Waals surface area contributed by atoms with Crippen molar-refractivity contribution < 1.29 is 14.3 Å². The summed E-state index contributed by atoms with van der Waals surface area (Å²) < 4.78 is 10.8. The minimum Gasteiger partial charge on any atom is -0.449 e. The average Bonchev–Trinajstić information content (AvgIpc) is 2.79. The number of ether oxygens (including phenoxy) is 1. The summed E-state index contributed by atoms with van der Waals surface area (Å²) in [5.41, 5.74) is 0.820. The molecule has 1 aromatic rings. The number of hydrogen-bond donors (Lipinski definition) is 1. The molecule has 0 saturated carbocycles. The van der Waals surface area contributed by atoms with Crippen molar-refractivity contribution >= 4 is 0 Å². The maximum absolute atomic E-state index is 8.71. The summed E-state index contributed by atoms with van der Waals surface area (Å²) in [4.78, 5) is 4.26. The van der Waals surface area contributed by atoms with Gasteiger partial charge >= 0.3 is 0 Å². The largest absolute Gasteiger partial charge is 0.449 e. The van der Waals surface area contributed by atoms with Gasteiger partial charge in [-0.1, -0.05) is 0 Å². The SMILES string of the molecule is OCCc1coc(CC2CCCO2)n1. The highest BCUT2D eigenvalue weighted by Gasteiger charge is 2.18. The summed E-state index contributed by atoms with van der Waals surface area (Å²) in [5, 5.41) is 8.71. The van der Waals surface area contributed by atoms with Crippen molar-refractivity contribution in [2.24, 2.45) is 0 Å². The van der Waals surface area contributed by atoms with E-state index in [0.29, 0.717) is 6.42 Å². The van der Waals surface area contributed by atoms with Gasteiger partial charge in [0.05, 0.1) is 18.2 Å². The van der Waals surface area contributed by atoms with Gasteiger partial charge in [-0.25, -0.2) is 4.98 Å². The molecule has 1 saturated heterocycles. The fourth-order valence-electron chi connectivity index (χ4n) is 1.67. The Morgan fingerprint density at radius 2 is 2.50 bits per heavy atom. The monoisotopic (exact) mass is 197 g/mol. The molecule has 1 aliphatic heterocycles. The molecule has 0 spiro atoms. The predicted octanol–water partition coefficient (Wildman–Crippen LogP) is 0.931. The van der Waals surface area contributed by atoms with Crippen molar-refractivity contribution in [2.75, 3.05) is 13.2 Å². The number of aromatic nitrogens is 1. The third-order valence-corrected chi connectivity index (χ3v) is 2.39. The molecular weight excluding hydrogens is 182 g/mol. The van der Waals surface area contributed by atoms with Crippen LogP contribution in [0.15, 0.2) is 10.7 Å². The van der Waals surface area contributed by atoms with Gasteiger partial charge in [-0.2, -0.15) is 0 Å². The fraction of sp³-hybridized carbons (Fsp3) is 0.700. The van der Waals surface area contributed by atoms with Gasteiger partial charge in [-0.3, -0.25) is 0 Å². The van der Waals surface area contributed by atoms with E-state index in [1.165, 1.54) is 0 Å². The first-order chi connectivity index (χ1) is 6.88. The standard InChI is InChI=1S/C10H15NO3/c12-4-3-8-7-14-10(11-8)6-9-2-1-5-13-9/h7,9,12H,1-6H2. The summed E-state index contributed by atoms with van der Waals surface area (Å²) in [6.07, 6.45) is 5.43. The number of aliphatic hydroxyl groups excluding tert-OH is 1. The van der Waals surface area contributed by atoms with Crippen molar-refractivity contribution in [1.29, 1.82) is 0 Å². The quantitative estimate of drug-likeness (QED) is 0.780. The molecule has 0 amide bonds. The molecule has 1 atom stereocenters. The van der Waals surface area contributed by atoms with Crippen molar-refractivity contribution in [1.82, 2.24) is 4.98 Å². The van der Waals surface area contributed by atoms with E-state index in [2.05, 4.69) is 4.98 Å². The van der Waals surface area contributed by atoms with Crippen molar-refractivity contribution in [3.8, 4) is 0 Å². The second-order valence-corrected chi connectivity index (χ2v) is 3.55. The van der Waals surface area contributed by atoms with Crippen LogP contribution in [0.25, 0.3) is 0 Å². The van der Waals surface area contributed by atoms with Gasteiger partial charge in [-0.15, -0.1) is 0 Å². The number of hydrogen-bond acceptors (Lipinski definition) is 4. The van der Waals surface area contributed by atoms with Gasteiger partial charge in [0, 0.05) is 19.6 Å². The Morgan fingerprint density at radius 1 is 1.57 bits per heavy atom. The number of nitrogens with zero attached hydrogens (tertiary/aromatic N) is 1. The first-order valence-electron chi connectivity index (χ1n) is 5.04. The van der Waals surface area contributed by atoms with Crippen LogP contribution in [0.3, 0.4) is 0 Å². The maximum Gasteiger partial charge on any atom is 0.196 e. The lowest BCUT2D eigenvalue weighted by Gasteiger charge is -2.04. The Morgan fingerprint density at radius 3 is 3.21 bits per heavy atom. The Bertz CT molecular complexity index is 279. The highest BCUT2D eigenvalue weighted by molar-refractivity contribution is 4.97. The highest BCUT2D eigenvalue weighted by atomic mass is 16.5. The fourth-order valence-corrected chi connectivity index (χ4v) is 1.67. The van der Waals surface area contributed by atoms with Crippen LogP contribution in [0.5, 0.6) is 0 Å². The van der Waals surface area contributed by atoms with Crippen molar-refractivity contribution in [2.45, 2.75) is 31.8 Å². The minimum absolute atomic E-state index is 0.117. The predicted molar refractivity (Wildman–Crippen MR) is 50.0 cm³/mol. The molecule has 0 bridgehead atoms. The van der Waals surface area contributed by atoms with Crippen LogP contribution in [0.1, 0.15) is 24.4 Å². The van der Waals surface area contributed by atoms with Crippen LogP contribution in [0.2, 0.25) is 0 Å². The molecule has 1 fully saturated rings.